The lowest BCUT2D eigenvalue weighted by Gasteiger charge is -2.27. The Balaban J connectivity index is 3.56. The Morgan fingerprint density at radius 3 is 0.768 bits per heavy atom. The van der Waals surface area contributed by atoms with E-state index < -0.39 is 36.9 Å². The molecule has 82 heavy (non-hydrogen) atoms. The predicted octanol–water partition coefficient (Wildman–Crippen LogP) is 23.4. The second-order valence-corrected chi connectivity index (χ2v) is 26.0. The van der Waals surface area contributed by atoms with Gasteiger partial charge in [0, 0.05) is 0 Å². The molecule has 0 aliphatic rings. The molecule has 0 aromatic heterocycles. The number of unbranched alkanes of at least 4 members (excludes halogenated alkanes) is 55. The van der Waals surface area contributed by atoms with Crippen LogP contribution >= 0.6 is 0 Å². The maximum Gasteiger partial charge on any atom is 0.249 e. The third-order valence-electron chi connectivity index (χ3n) is 17.8. The van der Waals surface area contributed by atoms with Gasteiger partial charge in [0.15, 0.2) is 0 Å². The first-order valence-corrected chi connectivity index (χ1v) is 37.4. The fourth-order valence-electron chi connectivity index (χ4n) is 12.0. The van der Waals surface area contributed by atoms with Crippen LogP contribution in [0, 0.1) is 0 Å². The molecule has 0 radical (unpaired) electrons. The van der Waals surface area contributed by atoms with E-state index in [1.165, 1.54) is 327 Å². The van der Waals surface area contributed by atoms with E-state index >= 15 is 0 Å². The summed E-state index contributed by atoms with van der Waals surface area (Å²) >= 11 is 0. The Hall–Kier alpha value is -1.47. The van der Waals surface area contributed by atoms with Gasteiger partial charge >= 0.3 is 0 Å². The lowest BCUT2D eigenvalue weighted by Crippen LogP contribution is -2.53. The topological polar surface area (TPSA) is 110 Å². The zero-order chi connectivity index (χ0) is 59.4. The molecule has 4 atom stereocenters. The molecule has 0 saturated heterocycles. The maximum absolute atomic E-state index is 12.7. The van der Waals surface area contributed by atoms with E-state index in [9.17, 15) is 25.2 Å². The van der Waals surface area contributed by atoms with E-state index in [0.717, 1.165) is 51.4 Å². The monoisotopic (exact) mass is 1150 g/mol. The van der Waals surface area contributed by atoms with Gasteiger partial charge < -0.3 is 25.7 Å². The highest BCUT2D eigenvalue weighted by Crippen LogP contribution is 2.20. The lowest BCUT2D eigenvalue weighted by atomic mass is 10.00. The summed E-state index contributed by atoms with van der Waals surface area (Å²) in [6.07, 6.45) is 91.6. The third kappa shape index (κ3) is 63.0. The number of carbonyl (C=O) groups excluding carboxylic acids is 1. The van der Waals surface area contributed by atoms with Crippen LogP contribution in [0.5, 0.6) is 0 Å². The molecule has 5 N–H and O–H groups in total. The zero-order valence-electron chi connectivity index (χ0n) is 55.5. The lowest BCUT2D eigenvalue weighted by molar-refractivity contribution is -0.132. The number of rotatable bonds is 70. The van der Waals surface area contributed by atoms with E-state index in [0.29, 0.717) is 19.3 Å². The number of allylic oxidation sites excluding steroid dienone is 6. The summed E-state index contributed by atoms with van der Waals surface area (Å²) in [6, 6.07) is -1.01. The highest BCUT2D eigenvalue weighted by atomic mass is 16.3. The molecule has 0 aromatic carbocycles. The summed E-state index contributed by atoms with van der Waals surface area (Å²) in [5.41, 5.74) is 0. The first-order valence-electron chi connectivity index (χ1n) is 37.4. The van der Waals surface area contributed by atoms with Crippen molar-refractivity contribution in [3.63, 3.8) is 0 Å². The van der Waals surface area contributed by atoms with Crippen molar-refractivity contribution in [2.24, 2.45) is 0 Å². The van der Waals surface area contributed by atoms with Crippen molar-refractivity contribution in [3.05, 3.63) is 36.5 Å². The van der Waals surface area contributed by atoms with Crippen LogP contribution < -0.4 is 5.32 Å². The first-order chi connectivity index (χ1) is 40.5. The van der Waals surface area contributed by atoms with Crippen LogP contribution in [0.1, 0.15) is 412 Å². The van der Waals surface area contributed by atoms with E-state index in [1.54, 1.807) is 0 Å². The molecule has 0 aromatic rings. The highest BCUT2D eigenvalue weighted by Gasteiger charge is 2.28. The predicted molar refractivity (Wildman–Crippen MR) is 362 cm³/mol. The normalized spacial score (nSPS) is 13.6. The molecular weight excluding hydrogens is 1010 g/mol. The molecule has 1 amide bonds. The second-order valence-electron chi connectivity index (χ2n) is 26.0. The molecule has 0 heterocycles. The Kier molecular flexibility index (Phi) is 69.0. The number of amides is 1. The summed E-state index contributed by atoms with van der Waals surface area (Å²) in [5.74, 6) is -0.592. The van der Waals surface area contributed by atoms with Crippen molar-refractivity contribution in [3.8, 4) is 0 Å². The molecule has 0 rings (SSSR count). The van der Waals surface area contributed by atoms with Crippen molar-refractivity contribution < 1.29 is 25.2 Å². The standard InChI is InChI=1S/C76H147NO5/c1-3-5-7-9-11-13-15-17-19-21-23-25-27-29-31-33-35-36-37-38-39-40-42-44-46-48-50-52-54-56-58-60-62-64-66-68-70-74(80)76(82)77-72(71-78)75(81)73(79)69-67-65-63-61-59-57-55-53-51-49-47-45-43-41-34-32-30-28-26-24-22-20-18-16-14-12-10-8-6-4-2/h45,47,53,55,61,63,72-75,78-81H,3-44,46,48-52,54,56-60,62,64-71H2,1-2H3,(H,77,82)/b47-45+,55-53+,63-61+. The number of aliphatic hydroxyl groups is 4. The van der Waals surface area contributed by atoms with E-state index in [2.05, 4.69) is 55.6 Å². The van der Waals surface area contributed by atoms with Crippen LogP contribution in [0.4, 0.5) is 0 Å². The SMILES string of the molecule is CCCCCCCCCCCCCCCCCCC/C=C/CC/C=C/CC/C=C/CCCC(O)C(O)C(CO)NC(=O)C(O)CCCCCCCCCCCCCCCCCCCCCCCCCCCCCCCCCCCCCC. The van der Waals surface area contributed by atoms with Crippen molar-refractivity contribution >= 4 is 5.91 Å². The Labute approximate surface area is 513 Å². The van der Waals surface area contributed by atoms with Crippen molar-refractivity contribution in [2.45, 2.75) is 436 Å². The number of hydrogen-bond acceptors (Lipinski definition) is 5. The van der Waals surface area contributed by atoms with Gasteiger partial charge in [-0.1, -0.05) is 384 Å². The van der Waals surface area contributed by atoms with Crippen molar-refractivity contribution in [1.29, 1.82) is 0 Å². The van der Waals surface area contributed by atoms with Crippen molar-refractivity contribution in [1.82, 2.24) is 5.32 Å². The molecule has 0 spiro atoms. The quantitative estimate of drug-likeness (QED) is 0.0308. The van der Waals surface area contributed by atoms with Gasteiger partial charge in [-0.2, -0.15) is 0 Å². The molecule has 0 bridgehead atoms. The number of hydrogen-bond donors (Lipinski definition) is 5. The second kappa shape index (κ2) is 70.3. The van der Waals surface area contributed by atoms with Crippen molar-refractivity contribution in [2.75, 3.05) is 6.61 Å². The highest BCUT2D eigenvalue weighted by molar-refractivity contribution is 5.80. The first kappa shape index (κ1) is 80.5. The van der Waals surface area contributed by atoms with Gasteiger partial charge in [0.25, 0.3) is 0 Å². The fourth-order valence-corrected chi connectivity index (χ4v) is 12.0. The summed E-state index contributed by atoms with van der Waals surface area (Å²) in [6.45, 7) is 4.10. The van der Waals surface area contributed by atoms with Crippen LogP contribution in [0.3, 0.4) is 0 Å². The molecule has 0 fully saturated rings. The largest absolute Gasteiger partial charge is 0.394 e. The van der Waals surface area contributed by atoms with Gasteiger partial charge in [-0.15, -0.1) is 0 Å². The van der Waals surface area contributed by atoms with Crippen LogP contribution in [0.25, 0.3) is 0 Å². The zero-order valence-corrected chi connectivity index (χ0v) is 55.5. The van der Waals surface area contributed by atoms with Gasteiger partial charge in [-0.3, -0.25) is 4.79 Å². The van der Waals surface area contributed by atoms with Crippen LogP contribution in [0.2, 0.25) is 0 Å². The maximum atomic E-state index is 12.7. The third-order valence-corrected chi connectivity index (χ3v) is 17.8. The molecule has 4 unspecified atom stereocenters. The Bertz CT molecular complexity index is 1300. The number of aliphatic hydroxyl groups excluding tert-OH is 4. The molecule has 0 saturated carbocycles. The smallest absolute Gasteiger partial charge is 0.249 e. The van der Waals surface area contributed by atoms with Gasteiger partial charge in [0.1, 0.15) is 12.2 Å². The fraction of sp³-hybridized carbons (Fsp3) is 0.908. The summed E-state index contributed by atoms with van der Waals surface area (Å²) < 4.78 is 0. The minimum absolute atomic E-state index is 0.363. The van der Waals surface area contributed by atoms with E-state index in [-0.39, 0.29) is 0 Å². The minimum Gasteiger partial charge on any atom is -0.394 e. The minimum atomic E-state index is -1.29. The molecule has 486 valence electrons. The van der Waals surface area contributed by atoms with Crippen LogP contribution in [-0.4, -0.2) is 57.3 Å². The summed E-state index contributed by atoms with van der Waals surface area (Å²) in [5, 5.41) is 44.2. The number of nitrogens with one attached hydrogen (secondary N) is 1. The molecular formula is C76H147NO5. The van der Waals surface area contributed by atoms with Gasteiger partial charge in [0.05, 0.1) is 18.8 Å². The molecule has 0 aliphatic heterocycles. The van der Waals surface area contributed by atoms with Crippen LogP contribution in [0.15, 0.2) is 36.5 Å². The summed E-state index contributed by atoms with van der Waals surface area (Å²) in [4.78, 5) is 12.7. The van der Waals surface area contributed by atoms with Gasteiger partial charge in [0.2, 0.25) is 5.91 Å². The number of carbonyl (C=O) groups is 1. The van der Waals surface area contributed by atoms with E-state index in [4.69, 9.17) is 0 Å². The van der Waals surface area contributed by atoms with E-state index in [1.807, 2.05) is 0 Å². The van der Waals surface area contributed by atoms with Gasteiger partial charge in [-0.25, -0.2) is 0 Å². The average Bonchev–Trinajstić information content (AvgIpc) is 3.48. The van der Waals surface area contributed by atoms with Gasteiger partial charge in [-0.05, 0) is 64.2 Å². The molecule has 0 aliphatic carbocycles. The Morgan fingerprint density at radius 2 is 0.512 bits per heavy atom. The molecule has 6 heteroatoms. The average molecular weight is 1160 g/mol. The Morgan fingerprint density at radius 1 is 0.293 bits per heavy atom. The summed E-state index contributed by atoms with van der Waals surface area (Å²) in [7, 11) is 0. The molecule has 6 nitrogen and oxygen atoms in total. The van der Waals surface area contributed by atoms with Crippen LogP contribution in [-0.2, 0) is 4.79 Å².